The smallest absolute Gasteiger partial charge is 0.408 e. The molecule has 4 N–H and O–H groups in total. The van der Waals surface area contributed by atoms with Crippen LogP contribution in [0.15, 0.2) is 9.98 Å². The summed E-state index contributed by atoms with van der Waals surface area (Å²) >= 11 is 8.96. The van der Waals surface area contributed by atoms with Gasteiger partial charge in [-0.25, -0.2) is 19.6 Å². The van der Waals surface area contributed by atoms with Crippen LogP contribution in [0.3, 0.4) is 0 Å². The van der Waals surface area contributed by atoms with Crippen LogP contribution in [0.1, 0.15) is 0 Å². The molecule has 0 bridgehead atoms. The van der Waals surface area contributed by atoms with E-state index >= 15 is 0 Å². The Bertz CT molecular complexity index is 601. The van der Waals surface area contributed by atoms with E-state index in [0.29, 0.717) is 34.5 Å². The van der Waals surface area contributed by atoms with E-state index in [1.807, 2.05) is 0 Å². The lowest BCUT2D eigenvalue weighted by atomic mass is 10.8. The van der Waals surface area contributed by atoms with Gasteiger partial charge in [0.05, 0.1) is 36.7 Å². The van der Waals surface area contributed by atoms with Crippen molar-refractivity contribution in [2.24, 2.45) is 9.98 Å². The van der Waals surface area contributed by atoms with E-state index in [2.05, 4.69) is 35.1 Å². The molecule has 0 fully saturated rings. The Kier molecular flexibility index (Phi) is 31.1. The predicted octanol–water partition coefficient (Wildman–Crippen LogP) is 2.39. The van der Waals surface area contributed by atoms with Gasteiger partial charge in [0.15, 0.2) is 0 Å². The molecule has 0 saturated heterocycles. The van der Waals surface area contributed by atoms with E-state index in [1.54, 1.807) is 0 Å². The Morgan fingerprint density at radius 1 is 0.676 bits per heavy atom. The molecular formula is C17H32N4O10S6. The van der Waals surface area contributed by atoms with Gasteiger partial charge in [0.2, 0.25) is 12.8 Å². The number of alkyl carbamates (subject to hydrolysis) is 2. The molecule has 0 aromatic carbocycles. The number of rotatable bonds is 26. The van der Waals surface area contributed by atoms with E-state index < -0.39 is 12.2 Å². The molecule has 0 radical (unpaired) electrons. The number of hydrogen-bond donors (Lipinski definition) is 4. The van der Waals surface area contributed by atoms with Gasteiger partial charge in [-0.05, 0) is 0 Å². The van der Waals surface area contributed by atoms with E-state index in [4.69, 9.17) is 24.7 Å². The van der Waals surface area contributed by atoms with Crippen LogP contribution in [-0.4, -0.2) is 112 Å². The van der Waals surface area contributed by atoms with Gasteiger partial charge >= 0.3 is 12.2 Å². The molecule has 0 aromatic heterocycles. The minimum absolute atomic E-state index is 0.0200. The average Bonchev–Trinajstić information content (AvgIpc) is 2.90. The second kappa shape index (κ2) is 31.6. The van der Waals surface area contributed by atoms with Crippen LogP contribution in [-0.2, 0) is 29.0 Å². The van der Waals surface area contributed by atoms with Crippen LogP contribution in [0.2, 0.25) is 0 Å². The molecule has 0 saturated carbocycles. The molecule has 0 unspecified atom stereocenters. The zero-order valence-corrected chi connectivity index (χ0v) is 24.8. The van der Waals surface area contributed by atoms with Crippen molar-refractivity contribution in [1.82, 2.24) is 10.6 Å². The number of aliphatic imine (C=N–C) groups is 2. The molecule has 20 heteroatoms. The number of nitrogens with one attached hydrogen (secondary N) is 2. The third kappa shape index (κ3) is 31.5. The number of amides is 2. The van der Waals surface area contributed by atoms with Crippen molar-refractivity contribution in [1.29, 1.82) is 0 Å². The number of carbonyl (C=O) groups excluding carboxylic acids is 2. The molecule has 14 nitrogen and oxygen atoms in total. The van der Waals surface area contributed by atoms with E-state index in [-0.39, 0.29) is 32.4 Å². The second-order valence-electron chi connectivity index (χ2n) is 5.44. The molecule has 0 aliphatic rings. The highest BCUT2D eigenvalue weighted by Gasteiger charge is 2.01. The van der Waals surface area contributed by atoms with E-state index in [1.165, 1.54) is 83.4 Å². The van der Waals surface area contributed by atoms with Gasteiger partial charge in [-0.2, -0.15) is 9.78 Å². The summed E-state index contributed by atoms with van der Waals surface area (Å²) in [6, 6.07) is 0. The Balaban J connectivity index is 3.27. The molecule has 0 aliphatic heterocycles. The molecule has 0 aromatic rings. The predicted molar refractivity (Wildman–Crippen MR) is 154 cm³/mol. The summed E-state index contributed by atoms with van der Waals surface area (Å²) in [6.07, 6.45) is 1.35. The van der Waals surface area contributed by atoms with Crippen molar-refractivity contribution >= 4 is 95.6 Å². The standard InChI is InChI=1S/C17H32N4O10S6/c22-1-3-26-16(24)20-9-34-13-33-8-19-6-30-31-12-37-15-36-11-27-17(25)21-10-35-14-32-7-18-5-29-28-4-2-23/h5-6,22-23H,1-4,7-15H2,(H,20,24)(H,21,25)/b18-5+,19-6+. The van der Waals surface area contributed by atoms with Gasteiger partial charge in [0, 0.05) is 15.3 Å². The van der Waals surface area contributed by atoms with Crippen LogP contribution in [0.25, 0.3) is 0 Å². The molecule has 37 heavy (non-hydrogen) atoms. The molecular weight excluding hydrogens is 613 g/mol. The third-order valence-electron chi connectivity index (χ3n) is 2.74. The van der Waals surface area contributed by atoms with Crippen molar-refractivity contribution < 1.29 is 48.8 Å². The van der Waals surface area contributed by atoms with Crippen molar-refractivity contribution in [3.05, 3.63) is 0 Å². The molecule has 2 amide bonds. The van der Waals surface area contributed by atoms with E-state index in [9.17, 15) is 9.59 Å². The Hall–Kier alpha value is -0.580. The normalized spacial score (nSPS) is 11.1. The number of carbonyl (C=O) groups is 2. The minimum Gasteiger partial charge on any atom is -0.447 e. The van der Waals surface area contributed by atoms with Gasteiger partial charge in [0.1, 0.15) is 25.1 Å². The largest absolute Gasteiger partial charge is 0.447 e. The van der Waals surface area contributed by atoms with E-state index in [0.717, 1.165) is 10.2 Å². The van der Waals surface area contributed by atoms with Crippen LogP contribution in [0, 0.1) is 0 Å². The lowest BCUT2D eigenvalue weighted by Crippen LogP contribution is -2.24. The number of aliphatic hydroxyl groups is 2. The summed E-state index contributed by atoms with van der Waals surface area (Å²) in [5.74, 6) is 2.33. The first-order chi connectivity index (χ1) is 18.2. The maximum absolute atomic E-state index is 11.6. The fourth-order valence-electron chi connectivity index (χ4n) is 1.39. The first kappa shape index (κ1) is 36.4. The molecule has 0 spiro atoms. The summed E-state index contributed by atoms with van der Waals surface area (Å²) in [6.45, 7) is -0.248. The topological polar surface area (TPSA) is 179 Å². The molecule has 216 valence electrons. The summed E-state index contributed by atoms with van der Waals surface area (Å²) in [5, 5.41) is 24.3. The van der Waals surface area contributed by atoms with Crippen molar-refractivity contribution in [3.8, 4) is 0 Å². The van der Waals surface area contributed by atoms with Gasteiger partial charge in [-0.3, -0.25) is 0 Å². The maximum Gasteiger partial charge on any atom is 0.408 e. The molecule has 0 heterocycles. The van der Waals surface area contributed by atoms with Gasteiger partial charge < -0.3 is 40.1 Å². The average molecular weight is 645 g/mol. The highest BCUT2D eigenvalue weighted by Crippen LogP contribution is 2.13. The molecule has 0 atom stereocenters. The summed E-state index contributed by atoms with van der Waals surface area (Å²) in [5.41, 5.74) is 0. The van der Waals surface area contributed by atoms with Crippen LogP contribution >= 0.6 is 70.6 Å². The fraction of sp³-hybridized carbons (Fsp3) is 0.765. The number of hydrogen-bond acceptors (Lipinski definition) is 18. The van der Waals surface area contributed by atoms with Gasteiger partial charge in [0.25, 0.3) is 0 Å². The first-order valence-electron chi connectivity index (χ1n) is 10.2. The Morgan fingerprint density at radius 2 is 1.22 bits per heavy atom. The van der Waals surface area contributed by atoms with Crippen molar-refractivity contribution in [3.63, 3.8) is 0 Å². The molecule has 0 aliphatic carbocycles. The lowest BCUT2D eigenvalue weighted by molar-refractivity contribution is -0.221. The monoisotopic (exact) mass is 644 g/mol. The highest BCUT2D eigenvalue weighted by molar-refractivity contribution is 8.16. The minimum atomic E-state index is -0.556. The fourth-order valence-corrected chi connectivity index (χ4v) is 5.70. The van der Waals surface area contributed by atoms with Gasteiger partial charge in [-0.1, -0.05) is 0 Å². The van der Waals surface area contributed by atoms with Crippen LogP contribution in [0.4, 0.5) is 9.59 Å². The number of aliphatic hydroxyl groups excluding tert-OH is 2. The summed E-state index contributed by atoms with van der Waals surface area (Å²) in [7, 11) is 0. The van der Waals surface area contributed by atoms with Crippen LogP contribution in [0.5, 0.6) is 0 Å². The highest BCUT2D eigenvalue weighted by atomic mass is 32.2. The molecule has 0 rings (SSSR count). The quantitative estimate of drug-likeness (QED) is 0.0269. The Morgan fingerprint density at radius 3 is 1.84 bits per heavy atom. The number of thioether (sulfide) groups is 6. The summed E-state index contributed by atoms with van der Waals surface area (Å²) < 4.78 is 9.69. The first-order valence-corrected chi connectivity index (χ1v) is 17.2. The maximum atomic E-state index is 11.6. The van der Waals surface area contributed by atoms with Crippen molar-refractivity contribution in [2.75, 3.05) is 77.1 Å². The SMILES string of the molecule is O=C(NCSCSC/N=C/OOCSCSCOC(=O)NCSCSC/N=C/OOCCO)OCCO. The zero-order chi connectivity index (χ0) is 27.1. The number of nitrogens with zero attached hydrogens (tertiary/aromatic N) is 2. The lowest BCUT2D eigenvalue weighted by Gasteiger charge is -2.06. The van der Waals surface area contributed by atoms with Gasteiger partial charge in [-0.15, -0.1) is 70.6 Å². The Labute approximate surface area is 241 Å². The van der Waals surface area contributed by atoms with Crippen molar-refractivity contribution in [2.45, 2.75) is 0 Å². The number of ether oxygens (including phenoxy) is 2. The summed E-state index contributed by atoms with van der Waals surface area (Å²) in [4.78, 5) is 49.5. The zero-order valence-electron chi connectivity index (χ0n) is 19.9. The third-order valence-corrected chi connectivity index (χ3v) is 8.65. The second-order valence-corrected chi connectivity index (χ2v) is 12.3. The van der Waals surface area contributed by atoms with Crippen LogP contribution < -0.4 is 10.6 Å².